The second kappa shape index (κ2) is 7.39. The third kappa shape index (κ3) is 4.44. The molecule has 0 radical (unpaired) electrons. The van der Waals surface area contributed by atoms with Gasteiger partial charge in [0, 0.05) is 17.7 Å². The fraction of sp³-hybridized carbons (Fsp3) is 0.429. The average molecular weight is 310 g/mol. The largest absolute Gasteiger partial charge is 0.484 e. The first-order valence-corrected chi connectivity index (χ1v) is 6.60. The maximum atomic E-state index is 12.1. The summed E-state index contributed by atoms with van der Waals surface area (Å²) in [4.78, 5) is 33.7. The molecule has 1 N–H and O–H groups in total. The summed E-state index contributed by atoms with van der Waals surface area (Å²) >= 11 is 0. The molecule has 0 unspecified atom stereocenters. The molecule has 0 saturated carbocycles. The number of ether oxygens (including phenoxy) is 2. The van der Waals surface area contributed by atoms with Gasteiger partial charge in [-0.3, -0.25) is 14.9 Å². The van der Waals surface area contributed by atoms with E-state index in [9.17, 15) is 19.7 Å². The Hall–Kier alpha value is -2.64. The van der Waals surface area contributed by atoms with Gasteiger partial charge in [-0.1, -0.05) is 0 Å². The number of hydrogen-bond donors (Lipinski definition) is 1. The summed E-state index contributed by atoms with van der Waals surface area (Å²) in [5.74, 6) is -1.14. The minimum Gasteiger partial charge on any atom is -0.484 e. The van der Waals surface area contributed by atoms with E-state index in [1.165, 1.54) is 32.2 Å². The van der Waals surface area contributed by atoms with Crippen molar-refractivity contribution in [1.82, 2.24) is 5.32 Å². The number of rotatable bonds is 6. The number of hydrogen-bond acceptors (Lipinski definition) is 6. The number of nitro benzene ring substituents is 1. The molecular formula is C14H18N2O6. The number of nitrogens with zero attached hydrogens (tertiary/aromatic N) is 1. The van der Waals surface area contributed by atoms with Crippen molar-refractivity contribution in [2.24, 2.45) is 0 Å². The Morgan fingerprint density at radius 1 is 1.27 bits per heavy atom. The summed E-state index contributed by atoms with van der Waals surface area (Å²) in [6, 6.07) is 2.93. The van der Waals surface area contributed by atoms with E-state index in [2.05, 4.69) is 10.1 Å². The van der Waals surface area contributed by atoms with Crippen LogP contribution in [0.1, 0.15) is 31.1 Å². The summed E-state index contributed by atoms with van der Waals surface area (Å²) in [6.45, 7) is 4.91. The molecule has 0 heterocycles. The minimum atomic E-state index is -0.831. The number of nitrogens with one attached hydrogen (secondary N) is 1. The van der Waals surface area contributed by atoms with E-state index in [4.69, 9.17) is 4.74 Å². The lowest BCUT2D eigenvalue weighted by Gasteiger charge is -2.13. The SMILES string of the molecule is COC(=O)[C@@H](C)NC(=O)c1ccc([N+](=O)[O-])c(OC(C)C)c1. The molecule has 1 aromatic carbocycles. The Morgan fingerprint density at radius 3 is 2.41 bits per heavy atom. The van der Waals surface area contributed by atoms with Crippen LogP contribution in [0.2, 0.25) is 0 Å². The number of methoxy groups -OCH3 is 1. The van der Waals surface area contributed by atoms with Crippen LogP contribution < -0.4 is 10.1 Å². The van der Waals surface area contributed by atoms with E-state index < -0.39 is 22.8 Å². The van der Waals surface area contributed by atoms with Gasteiger partial charge in [-0.25, -0.2) is 4.79 Å². The van der Waals surface area contributed by atoms with Gasteiger partial charge in [0.1, 0.15) is 6.04 Å². The van der Waals surface area contributed by atoms with Crippen LogP contribution in [0.4, 0.5) is 5.69 Å². The number of carbonyl (C=O) groups excluding carboxylic acids is 2. The number of nitro groups is 1. The van der Waals surface area contributed by atoms with Crippen LogP contribution in [0.15, 0.2) is 18.2 Å². The van der Waals surface area contributed by atoms with Gasteiger partial charge in [-0.2, -0.15) is 0 Å². The lowest BCUT2D eigenvalue weighted by Crippen LogP contribution is -2.39. The molecule has 1 rings (SSSR count). The summed E-state index contributed by atoms with van der Waals surface area (Å²) in [5, 5.41) is 13.4. The lowest BCUT2D eigenvalue weighted by atomic mass is 10.1. The fourth-order valence-electron chi connectivity index (χ4n) is 1.67. The van der Waals surface area contributed by atoms with Gasteiger partial charge in [0.25, 0.3) is 5.91 Å². The molecule has 0 aliphatic rings. The highest BCUT2D eigenvalue weighted by Gasteiger charge is 2.21. The average Bonchev–Trinajstić information content (AvgIpc) is 2.45. The van der Waals surface area contributed by atoms with E-state index in [0.29, 0.717) is 0 Å². The second-order valence-electron chi connectivity index (χ2n) is 4.82. The quantitative estimate of drug-likeness (QED) is 0.486. The van der Waals surface area contributed by atoms with E-state index >= 15 is 0 Å². The van der Waals surface area contributed by atoms with Gasteiger partial charge < -0.3 is 14.8 Å². The zero-order valence-corrected chi connectivity index (χ0v) is 12.8. The van der Waals surface area contributed by atoms with Gasteiger partial charge in [0.2, 0.25) is 0 Å². The second-order valence-corrected chi connectivity index (χ2v) is 4.82. The van der Waals surface area contributed by atoms with Crippen LogP contribution in [0.25, 0.3) is 0 Å². The molecule has 8 heteroatoms. The lowest BCUT2D eigenvalue weighted by molar-refractivity contribution is -0.386. The van der Waals surface area contributed by atoms with Crippen LogP contribution in [-0.2, 0) is 9.53 Å². The third-order valence-corrected chi connectivity index (χ3v) is 2.68. The Kier molecular flexibility index (Phi) is 5.85. The summed E-state index contributed by atoms with van der Waals surface area (Å²) < 4.78 is 9.87. The number of carbonyl (C=O) groups is 2. The first-order valence-electron chi connectivity index (χ1n) is 6.60. The Labute approximate surface area is 127 Å². The van der Waals surface area contributed by atoms with Crippen molar-refractivity contribution < 1.29 is 24.0 Å². The van der Waals surface area contributed by atoms with Crippen molar-refractivity contribution in [2.75, 3.05) is 7.11 Å². The Morgan fingerprint density at radius 2 is 1.91 bits per heavy atom. The maximum Gasteiger partial charge on any atom is 0.328 e. The first-order chi connectivity index (χ1) is 10.3. The van der Waals surface area contributed by atoms with Crippen molar-refractivity contribution in [2.45, 2.75) is 32.9 Å². The Bertz CT molecular complexity index is 585. The zero-order chi connectivity index (χ0) is 16.9. The molecular weight excluding hydrogens is 292 g/mol. The molecule has 0 spiro atoms. The number of amides is 1. The predicted molar refractivity (Wildman–Crippen MR) is 77.8 cm³/mol. The van der Waals surface area contributed by atoms with Crippen molar-refractivity contribution >= 4 is 17.6 Å². The zero-order valence-electron chi connectivity index (χ0n) is 12.8. The van der Waals surface area contributed by atoms with E-state index in [1.54, 1.807) is 13.8 Å². The molecule has 1 amide bonds. The smallest absolute Gasteiger partial charge is 0.328 e. The maximum absolute atomic E-state index is 12.1. The van der Waals surface area contributed by atoms with Crippen LogP contribution in [0.3, 0.4) is 0 Å². The highest BCUT2D eigenvalue weighted by molar-refractivity contribution is 5.97. The van der Waals surface area contributed by atoms with Crippen LogP contribution in [-0.4, -0.2) is 36.1 Å². The van der Waals surface area contributed by atoms with E-state index in [0.717, 1.165) is 0 Å². The number of benzene rings is 1. The van der Waals surface area contributed by atoms with Gasteiger partial charge in [-0.05, 0) is 26.8 Å². The fourth-order valence-corrected chi connectivity index (χ4v) is 1.67. The molecule has 1 atom stereocenters. The minimum absolute atomic E-state index is 0.00151. The number of esters is 1. The van der Waals surface area contributed by atoms with Crippen molar-refractivity contribution in [3.8, 4) is 5.75 Å². The van der Waals surface area contributed by atoms with E-state index in [-0.39, 0.29) is 23.1 Å². The van der Waals surface area contributed by atoms with Crippen molar-refractivity contribution in [3.63, 3.8) is 0 Å². The van der Waals surface area contributed by atoms with Crippen LogP contribution in [0, 0.1) is 10.1 Å². The first kappa shape index (κ1) is 17.4. The van der Waals surface area contributed by atoms with Gasteiger partial charge >= 0.3 is 11.7 Å². The highest BCUT2D eigenvalue weighted by atomic mass is 16.6. The summed E-state index contributed by atoms with van der Waals surface area (Å²) in [6.07, 6.45) is -0.286. The predicted octanol–water partition coefficient (Wildman–Crippen LogP) is 1.67. The van der Waals surface area contributed by atoms with Crippen LogP contribution >= 0.6 is 0 Å². The molecule has 0 aliphatic carbocycles. The van der Waals surface area contributed by atoms with E-state index in [1.807, 2.05) is 0 Å². The van der Waals surface area contributed by atoms with Crippen LogP contribution in [0.5, 0.6) is 5.75 Å². The monoisotopic (exact) mass is 310 g/mol. The molecule has 0 bridgehead atoms. The molecule has 1 aromatic rings. The summed E-state index contributed by atoms with van der Waals surface area (Å²) in [7, 11) is 1.21. The van der Waals surface area contributed by atoms with Crippen molar-refractivity contribution in [3.05, 3.63) is 33.9 Å². The highest BCUT2D eigenvalue weighted by Crippen LogP contribution is 2.28. The molecule has 120 valence electrons. The molecule has 8 nitrogen and oxygen atoms in total. The standard InChI is InChI=1S/C14H18N2O6/c1-8(2)22-12-7-10(5-6-11(12)16(19)20)13(17)15-9(3)14(18)21-4/h5-9H,1-4H3,(H,15,17)/t9-/m1/s1. The van der Waals surface area contributed by atoms with Gasteiger partial charge in [0.15, 0.2) is 5.75 Å². The molecule has 22 heavy (non-hydrogen) atoms. The molecule has 0 fully saturated rings. The third-order valence-electron chi connectivity index (χ3n) is 2.68. The molecule has 0 aromatic heterocycles. The van der Waals surface area contributed by atoms with Crippen molar-refractivity contribution in [1.29, 1.82) is 0 Å². The summed E-state index contributed by atoms with van der Waals surface area (Å²) in [5.41, 5.74) is -0.0803. The Balaban J connectivity index is 3.02. The van der Waals surface area contributed by atoms with Gasteiger partial charge in [0.05, 0.1) is 18.1 Å². The molecule has 0 aliphatic heterocycles. The normalized spacial score (nSPS) is 11.7. The van der Waals surface area contributed by atoms with Gasteiger partial charge in [-0.15, -0.1) is 0 Å². The topological polar surface area (TPSA) is 108 Å². The molecule has 0 saturated heterocycles.